The first-order valence-electron chi connectivity index (χ1n) is 8.30. The molecule has 0 unspecified atom stereocenters. The summed E-state index contributed by atoms with van der Waals surface area (Å²) in [5.74, 6) is 2.50. The summed E-state index contributed by atoms with van der Waals surface area (Å²) >= 11 is 0. The minimum absolute atomic E-state index is 0.000376. The zero-order valence-corrected chi connectivity index (χ0v) is 14.1. The normalized spacial score (nSPS) is 16.6. The van der Waals surface area contributed by atoms with E-state index in [-0.39, 0.29) is 18.1 Å². The molecule has 1 amide bonds. The van der Waals surface area contributed by atoms with Gasteiger partial charge in [-0.25, -0.2) is 0 Å². The second-order valence-corrected chi connectivity index (χ2v) is 6.58. The molecule has 2 rings (SSSR count). The molecule has 2 heterocycles. The molecular formula is C16H28N4O2. The highest BCUT2D eigenvalue weighted by Crippen LogP contribution is 2.18. The van der Waals surface area contributed by atoms with Crippen molar-refractivity contribution in [3.8, 4) is 0 Å². The molecule has 0 aliphatic carbocycles. The number of nitrogens with zero attached hydrogens (tertiary/aromatic N) is 3. The number of rotatable bonds is 8. The summed E-state index contributed by atoms with van der Waals surface area (Å²) in [6.07, 6.45) is 3.69. The van der Waals surface area contributed by atoms with Crippen molar-refractivity contribution in [1.29, 1.82) is 0 Å². The lowest BCUT2D eigenvalue weighted by Gasteiger charge is -2.16. The number of fused-ring (bicyclic) bond motifs is 1. The van der Waals surface area contributed by atoms with E-state index in [0.717, 1.165) is 37.5 Å². The Morgan fingerprint density at radius 3 is 2.82 bits per heavy atom. The maximum Gasteiger partial charge on any atom is 0.222 e. The third-order valence-corrected chi connectivity index (χ3v) is 3.94. The van der Waals surface area contributed by atoms with E-state index < -0.39 is 0 Å². The summed E-state index contributed by atoms with van der Waals surface area (Å²) in [5.41, 5.74) is 0. The molecule has 0 saturated heterocycles. The molecule has 0 radical (unpaired) electrons. The van der Waals surface area contributed by atoms with E-state index in [2.05, 4.69) is 40.9 Å². The largest absolute Gasteiger partial charge is 0.378 e. The van der Waals surface area contributed by atoms with Crippen molar-refractivity contribution < 1.29 is 9.53 Å². The molecule has 1 aromatic heterocycles. The molecule has 1 N–H and O–H groups in total. The second-order valence-electron chi connectivity index (χ2n) is 6.58. The van der Waals surface area contributed by atoms with Crippen molar-refractivity contribution in [1.82, 2.24) is 20.1 Å². The Morgan fingerprint density at radius 2 is 2.09 bits per heavy atom. The van der Waals surface area contributed by atoms with Gasteiger partial charge in [-0.2, -0.15) is 0 Å². The van der Waals surface area contributed by atoms with Crippen molar-refractivity contribution in [3.05, 3.63) is 11.6 Å². The molecule has 0 bridgehead atoms. The zero-order chi connectivity index (χ0) is 16.1. The topological polar surface area (TPSA) is 69.0 Å². The zero-order valence-electron chi connectivity index (χ0n) is 14.1. The SMILES string of the molecule is CC(C)C[C@H](C)OCCC(=O)N[C@@H](C)c1nnc2n1CCC2. The van der Waals surface area contributed by atoms with E-state index >= 15 is 0 Å². The third kappa shape index (κ3) is 4.53. The molecule has 0 fully saturated rings. The summed E-state index contributed by atoms with van der Waals surface area (Å²) in [7, 11) is 0. The molecule has 124 valence electrons. The number of hydrogen-bond acceptors (Lipinski definition) is 4. The van der Waals surface area contributed by atoms with Gasteiger partial charge >= 0.3 is 0 Å². The van der Waals surface area contributed by atoms with Gasteiger partial charge in [0.2, 0.25) is 5.91 Å². The monoisotopic (exact) mass is 308 g/mol. The van der Waals surface area contributed by atoms with Gasteiger partial charge in [-0.3, -0.25) is 4.79 Å². The van der Waals surface area contributed by atoms with E-state index in [0.29, 0.717) is 18.9 Å². The summed E-state index contributed by atoms with van der Waals surface area (Å²) in [4.78, 5) is 12.0. The smallest absolute Gasteiger partial charge is 0.222 e. The highest BCUT2D eigenvalue weighted by atomic mass is 16.5. The van der Waals surface area contributed by atoms with Gasteiger partial charge in [-0.15, -0.1) is 10.2 Å². The first-order valence-corrected chi connectivity index (χ1v) is 8.30. The van der Waals surface area contributed by atoms with Crippen LogP contribution in [-0.2, 0) is 22.5 Å². The minimum atomic E-state index is -0.111. The Labute approximate surface area is 132 Å². The first kappa shape index (κ1) is 16.9. The highest BCUT2D eigenvalue weighted by Gasteiger charge is 2.22. The number of amides is 1. The van der Waals surface area contributed by atoms with Crippen molar-refractivity contribution in [2.45, 2.75) is 72.1 Å². The Hall–Kier alpha value is -1.43. The van der Waals surface area contributed by atoms with Gasteiger partial charge in [0.05, 0.1) is 18.8 Å². The minimum Gasteiger partial charge on any atom is -0.378 e. The summed E-state index contributed by atoms with van der Waals surface area (Å²) < 4.78 is 7.79. The molecule has 0 saturated carbocycles. The predicted octanol–water partition coefficient (Wildman–Crippen LogP) is 2.24. The van der Waals surface area contributed by atoms with E-state index in [4.69, 9.17) is 4.74 Å². The second kappa shape index (κ2) is 7.72. The number of ether oxygens (including phenoxy) is 1. The van der Waals surface area contributed by atoms with Gasteiger partial charge in [0.15, 0.2) is 5.82 Å². The summed E-state index contributed by atoms with van der Waals surface area (Å²) in [5, 5.41) is 11.4. The highest BCUT2D eigenvalue weighted by molar-refractivity contribution is 5.76. The van der Waals surface area contributed by atoms with Crippen molar-refractivity contribution in [3.63, 3.8) is 0 Å². The molecule has 0 spiro atoms. The Morgan fingerprint density at radius 1 is 1.32 bits per heavy atom. The van der Waals surface area contributed by atoms with Crippen LogP contribution in [0, 0.1) is 5.92 Å². The number of hydrogen-bond donors (Lipinski definition) is 1. The fourth-order valence-electron chi connectivity index (χ4n) is 2.96. The van der Waals surface area contributed by atoms with Crippen LogP contribution in [0.3, 0.4) is 0 Å². The van der Waals surface area contributed by atoms with Gasteiger partial charge in [-0.1, -0.05) is 13.8 Å². The molecule has 6 nitrogen and oxygen atoms in total. The van der Waals surface area contributed by atoms with Crippen LogP contribution in [0.1, 0.15) is 64.6 Å². The van der Waals surface area contributed by atoms with Gasteiger partial charge in [0, 0.05) is 19.4 Å². The maximum atomic E-state index is 12.0. The molecule has 1 aliphatic heterocycles. The summed E-state index contributed by atoms with van der Waals surface area (Å²) in [6, 6.07) is -0.111. The third-order valence-electron chi connectivity index (χ3n) is 3.94. The van der Waals surface area contributed by atoms with Crippen LogP contribution in [0.4, 0.5) is 0 Å². The fourth-order valence-corrected chi connectivity index (χ4v) is 2.96. The van der Waals surface area contributed by atoms with Crippen LogP contribution >= 0.6 is 0 Å². The van der Waals surface area contributed by atoms with Gasteiger partial charge < -0.3 is 14.6 Å². The van der Waals surface area contributed by atoms with Crippen LogP contribution in [-0.4, -0.2) is 33.4 Å². The fraction of sp³-hybridized carbons (Fsp3) is 0.812. The van der Waals surface area contributed by atoms with Crippen molar-refractivity contribution >= 4 is 5.91 Å². The Balaban J connectivity index is 1.72. The molecular weight excluding hydrogens is 280 g/mol. The Kier molecular flexibility index (Phi) is 5.94. The average molecular weight is 308 g/mol. The van der Waals surface area contributed by atoms with Crippen molar-refractivity contribution in [2.75, 3.05) is 6.61 Å². The predicted molar refractivity (Wildman–Crippen MR) is 84.4 cm³/mol. The van der Waals surface area contributed by atoms with Gasteiger partial charge in [0.1, 0.15) is 5.82 Å². The molecule has 0 aromatic carbocycles. The number of nitrogens with one attached hydrogen (secondary N) is 1. The molecule has 6 heteroatoms. The van der Waals surface area contributed by atoms with E-state index in [9.17, 15) is 4.79 Å². The quantitative estimate of drug-likeness (QED) is 0.799. The Bertz CT molecular complexity index is 498. The van der Waals surface area contributed by atoms with E-state index in [1.54, 1.807) is 0 Å². The molecule has 1 aliphatic rings. The lowest BCUT2D eigenvalue weighted by Crippen LogP contribution is -2.29. The number of carbonyl (C=O) groups is 1. The standard InChI is InChI=1S/C16H28N4O2/c1-11(2)10-12(3)22-9-7-15(21)17-13(4)16-19-18-14-6-5-8-20(14)16/h11-13H,5-10H2,1-4H3,(H,17,21)/t12-,13-/m0/s1. The van der Waals surface area contributed by atoms with Gasteiger partial charge in [0.25, 0.3) is 0 Å². The number of aromatic nitrogens is 3. The lowest BCUT2D eigenvalue weighted by molar-refractivity contribution is -0.123. The van der Waals surface area contributed by atoms with Crippen LogP contribution in [0.2, 0.25) is 0 Å². The van der Waals surface area contributed by atoms with Gasteiger partial charge in [-0.05, 0) is 32.6 Å². The molecule has 22 heavy (non-hydrogen) atoms. The van der Waals surface area contributed by atoms with Crippen LogP contribution in [0.25, 0.3) is 0 Å². The van der Waals surface area contributed by atoms with Crippen molar-refractivity contribution in [2.24, 2.45) is 5.92 Å². The number of aryl methyl sites for hydroxylation is 1. The molecule has 1 aromatic rings. The lowest BCUT2D eigenvalue weighted by atomic mass is 10.1. The summed E-state index contributed by atoms with van der Waals surface area (Å²) in [6.45, 7) is 9.77. The molecule has 2 atom stereocenters. The van der Waals surface area contributed by atoms with Crippen LogP contribution in [0.5, 0.6) is 0 Å². The van der Waals surface area contributed by atoms with Crippen LogP contribution in [0.15, 0.2) is 0 Å². The van der Waals surface area contributed by atoms with Crippen LogP contribution < -0.4 is 5.32 Å². The van der Waals surface area contributed by atoms with E-state index in [1.807, 2.05) is 6.92 Å². The average Bonchev–Trinajstić information content (AvgIpc) is 2.99. The maximum absolute atomic E-state index is 12.0. The first-order chi connectivity index (χ1) is 10.5. The van der Waals surface area contributed by atoms with E-state index in [1.165, 1.54) is 0 Å². The number of carbonyl (C=O) groups excluding carboxylic acids is 1.